The maximum atomic E-state index is 12.3. The summed E-state index contributed by atoms with van der Waals surface area (Å²) in [7, 11) is 0. The van der Waals surface area contributed by atoms with Gasteiger partial charge in [0.2, 0.25) is 5.76 Å². The lowest BCUT2D eigenvalue weighted by Crippen LogP contribution is -2.45. The van der Waals surface area contributed by atoms with E-state index in [0.717, 1.165) is 18.4 Å². The molecule has 0 unspecified atom stereocenters. The predicted octanol–water partition coefficient (Wildman–Crippen LogP) is 2.12. The zero-order valence-corrected chi connectivity index (χ0v) is 14.2. The first-order valence-electron chi connectivity index (χ1n) is 8.53. The average molecular weight is 353 g/mol. The first-order chi connectivity index (χ1) is 12.6. The Balaban J connectivity index is 1.33. The Bertz CT molecular complexity index is 896. The molecule has 0 bridgehead atoms. The molecule has 8 heteroatoms. The molecule has 1 aliphatic carbocycles. The van der Waals surface area contributed by atoms with Gasteiger partial charge < -0.3 is 14.9 Å². The number of amides is 1. The van der Waals surface area contributed by atoms with Crippen molar-refractivity contribution in [2.45, 2.75) is 38.0 Å². The molecule has 2 aromatic heterocycles. The number of aliphatic hydroxyl groups is 1. The Kier molecular flexibility index (Phi) is 4.26. The van der Waals surface area contributed by atoms with Crippen LogP contribution in [0.4, 0.5) is 0 Å². The van der Waals surface area contributed by atoms with Crippen molar-refractivity contribution in [1.82, 2.24) is 25.5 Å². The van der Waals surface area contributed by atoms with Gasteiger partial charge in [0.25, 0.3) is 5.91 Å². The highest BCUT2D eigenvalue weighted by molar-refractivity contribution is 5.92. The van der Waals surface area contributed by atoms with Crippen LogP contribution in [-0.2, 0) is 0 Å². The summed E-state index contributed by atoms with van der Waals surface area (Å²) in [5.74, 6) is -0.0733. The van der Waals surface area contributed by atoms with Crippen LogP contribution in [-0.4, -0.2) is 37.2 Å². The molecule has 1 atom stereocenters. The number of aromatic nitrogens is 4. The Labute approximate surface area is 149 Å². The lowest BCUT2D eigenvalue weighted by atomic mass is 9.87. The number of hydrogen-bond acceptors (Lipinski definition) is 6. The van der Waals surface area contributed by atoms with Gasteiger partial charge in [-0.25, -0.2) is 4.68 Å². The minimum Gasteiger partial charge on any atom is -0.387 e. The molecule has 0 spiro atoms. The third-order valence-electron chi connectivity index (χ3n) is 4.58. The molecule has 134 valence electrons. The fourth-order valence-electron chi connectivity index (χ4n) is 2.97. The van der Waals surface area contributed by atoms with Gasteiger partial charge in [0.15, 0.2) is 0 Å². The van der Waals surface area contributed by atoms with Crippen molar-refractivity contribution in [3.8, 4) is 11.3 Å². The van der Waals surface area contributed by atoms with Gasteiger partial charge in [-0.3, -0.25) is 4.79 Å². The van der Waals surface area contributed by atoms with E-state index in [-0.39, 0.29) is 23.8 Å². The second kappa shape index (κ2) is 6.72. The van der Waals surface area contributed by atoms with E-state index >= 15 is 0 Å². The number of aliphatic hydroxyl groups excluding tert-OH is 1. The molecule has 0 aliphatic heterocycles. The van der Waals surface area contributed by atoms with Crippen molar-refractivity contribution in [3.05, 3.63) is 54.0 Å². The largest absolute Gasteiger partial charge is 0.387 e. The summed E-state index contributed by atoms with van der Waals surface area (Å²) in [5, 5.41) is 24.4. The summed E-state index contributed by atoms with van der Waals surface area (Å²) in [6.45, 7) is 1.65. The predicted molar refractivity (Wildman–Crippen MR) is 92.1 cm³/mol. The summed E-state index contributed by atoms with van der Waals surface area (Å²) >= 11 is 0. The first-order valence-corrected chi connectivity index (χ1v) is 8.53. The summed E-state index contributed by atoms with van der Waals surface area (Å²) < 4.78 is 6.92. The molecule has 0 radical (unpaired) electrons. The lowest BCUT2D eigenvalue weighted by molar-refractivity contribution is 0.0850. The molecular weight excluding hydrogens is 334 g/mol. The lowest BCUT2D eigenvalue weighted by Gasteiger charge is -2.35. The van der Waals surface area contributed by atoms with Crippen LogP contribution in [0, 0.1) is 0 Å². The smallest absolute Gasteiger partial charge is 0.290 e. The molecule has 3 aromatic rings. The van der Waals surface area contributed by atoms with Crippen LogP contribution >= 0.6 is 0 Å². The van der Waals surface area contributed by atoms with Crippen LogP contribution in [0.1, 0.15) is 48.2 Å². The van der Waals surface area contributed by atoms with E-state index in [0.29, 0.717) is 11.4 Å². The van der Waals surface area contributed by atoms with Crippen LogP contribution < -0.4 is 5.32 Å². The van der Waals surface area contributed by atoms with Gasteiger partial charge in [0.1, 0.15) is 11.4 Å². The van der Waals surface area contributed by atoms with Crippen LogP contribution in [0.2, 0.25) is 0 Å². The summed E-state index contributed by atoms with van der Waals surface area (Å²) in [4.78, 5) is 12.3. The van der Waals surface area contributed by atoms with Gasteiger partial charge >= 0.3 is 0 Å². The van der Waals surface area contributed by atoms with Crippen molar-refractivity contribution in [1.29, 1.82) is 0 Å². The highest BCUT2D eigenvalue weighted by Crippen LogP contribution is 2.32. The molecule has 1 amide bonds. The minimum atomic E-state index is -0.635. The fraction of sp³-hybridized carbons (Fsp3) is 0.333. The zero-order chi connectivity index (χ0) is 18.1. The highest BCUT2D eigenvalue weighted by atomic mass is 16.5. The number of carbonyl (C=O) groups excluding carboxylic acids is 1. The first kappa shape index (κ1) is 16.5. The third-order valence-corrected chi connectivity index (χ3v) is 4.58. The van der Waals surface area contributed by atoms with Gasteiger partial charge in [-0.1, -0.05) is 40.7 Å². The molecule has 8 nitrogen and oxygen atoms in total. The summed E-state index contributed by atoms with van der Waals surface area (Å²) in [5.41, 5.74) is 2.09. The van der Waals surface area contributed by atoms with E-state index in [9.17, 15) is 9.90 Å². The van der Waals surface area contributed by atoms with Gasteiger partial charge in [0, 0.05) is 17.7 Å². The van der Waals surface area contributed by atoms with Crippen LogP contribution in [0.15, 0.2) is 47.1 Å². The van der Waals surface area contributed by atoms with Crippen LogP contribution in [0.25, 0.3) is 11.3 Å². The zero-order valence-electron chi connectivity index (χ0n) is 14.2. The van der Waals surface area contributed by atoms with Gasteiger partial charge in [-0.05, 0) is 19.8 Å². The maximum absolute atomic E-state index is 12.3. The van der Waals surface area contributed by atoms with Crippen molar-refractivity contribution in [2.75, 3.05) is 0 Å². The number of hydrogen-bond donors (Lipinski definition) is 2. The van der Waals surface area contributed by atoms with Crippen LogP contribution in [0.3, 0.4) is 0 Å². The molecule has 4 rings (SSSR count). The topological polar surface area (TPSA) is 106 Å². The quantitative estimate of drug-likeness (QED) is 0.728. The number of rotatable bonds is 5. The summed E-state index contributed by atoms with van der Waals surface area (Å²) in [6.07, 6.45) is 2.63. The Hall–Kier alpha value is -3.00. The number of nitrogens with one attached hydrogen (secondary N) is 1. The third kappa shape index (κ3) is 3.23. The molecule has 1 aromatic carbocycles. The molecule has 2 N–H and O–H groups in total. The number of nitrogens with zero attached hydrogens (tertiary/aromatic N) is 4. The van der Waals surface area contributed by atoms with E-state index in [1.54, 1.807) is 23.9 Å². The molecule has 1 aliphatic rings. The molecular formula is C18H19N5O3. The van der Waals surface area contributed by atoms with Crippen molar-refractivity contribution >= 4 is 5.91 Å². The van der Waals surface area contributed by atoms with Gasteiger partial charge in [0.05, 0.1) is 18.3 Å². The van der Waals surface area contributed by atoms with Gasteiger partial charge in [-0.2, -0.15) is 0 Å². The number of carbonyl (C=O) groups is 1. The molecule has 0 saturated heterocycles. The van der Waals surface area contributed by atoms with Gasteiger partial charge in [-0.15, -0.1) is 5.10 Å². The Morgan fingerprint density at radius 1 is 1.35 bits per heavy atom. The standard InChI is InChI=1S/C18H19N5O3/c1-11(24)16-10-23(22-20-16)14-7-13(8-14)19-18(25)17-9-15(21-26-17)12-5-3-2-4-6-12/h2-6,9-11,13-14,24H,7-8H2,1H3,(H,19,25)/t11-,13-,14-/m0/s1. The van der Waals surface area contributed by atoms with E-state index in [2.05, 4.69) is 20.8 Å². The average Bonchev–Trinajstić information content (AvgIpc) is 3.28. The Morgan fingerprint density at radius 2 is 2.12 bits per heavy atom. The normalized spacial score (nSPS) is 20.4. The highest BCUT2D eigenvalue weighted by Gasteiger charge is 2.33. The molecule has 1 fully saturated rings. The van der Waals surface area contributed by atoms with Crippen molar-refractivity contribution < 1.29 is 14.4 Å². The van der Waals surface area contributed by atoms with E-state index in [4.69, 9.17) is 4.52 Å². The van der Waals surface area contributed by atoms with E-state index < -0.39 is 6.10 Å². The SMILES string of the molecule is C[C@H](O)c1cn([C@H]2C[C@H](NC(=O)c3cc(-c4ccccc4)no3)C2)nn1. The molecule has 1 saturated carbocycles. The summed E-state index contributed by atoms with van der Waals surface area (Å²) in [6, 6.07) is 11.4. The Morgan fingerprint density at radius 3 is 2.81 bits per heavy atom. The van der Waals surface area contributed by atoms with E-state index in [1.165, 1.54) is 0 Å². The van der Waals surface area contributed by atoms with E-state index in [1.807, 2.05) is 30.3 Å². The number of benzene rings is 1. The second-order valence-corrected chi connectivity index (χ2v) is 6.54. The fourth-order valence-corrected chi connectivity index (χ4v) is 2.97. The van der Waals surface area contributed by atoms with Crippen molar-refractivity contribution in [2.24, 2.45) is 0 Å². The molecule has 2 heterocycles. The van der Waals surface area contributed by atoms with Crippen LogP contribution in [0.5, 0.6) is 0 Å². The second-order valence-electron chi connectivity index (χ2n) is 6.54. The monoisotopic (exact) mass is 353 g/mol. The minimum absolute atomic E-state index is 0.0528. The van der Waals surface area contributed by atoms with Crippen molar-refractivity contribution in [3.63, 3.8) is 0 Å². The maximum Gasteiger partial charge on any atom is 0.290 e. The molecule has 26 heavy (non-hydrogen) atoms.